The molecular formula is C22H22F3N5O4S. The van der Waals surface area contributed by atoms with Crippen molar-refractivity contribution in [1.82, 2.24) is 19.4 Å². The second-order valence-electron chi connectivity index (χ2n) is 7.96. The molecule has 0 N–H and O–H groups in total. The number of rotatable bonds is 5. The van der Waals surface area contributed by atoms with Gasteiger partial charge in [0.2, 0.25) is 15.9 Å². The predicted octanol–water partition coefficient (Wildman–Crippen LogP) is 3.46. The van der Waals surface area contributed by atoms with Crippen LogP contribution in [0.4, 0.5) is 23.7 Å². The number of benzene rings is 2. The second-order valence-corrected chi connectivity index (χ2v) is 9.94. The van der Waals surface area contributed by atoms with Crippen LogP contribution in [0.25, 0.3) is 11.5 Å². The topological polar surface area (TPSA) is 99.9 Å². The van der Waals surface area contributed by atoms with E-state index in [9.17, 15) is 26.4 Å². The Kier molecular flexibility index (Phi) is 6.81. The number of alkyl halides is 3. The summed E-state index contributed by atoms with van der Waals surface area (Å²) in [6.45, 7) is 1.13. The minimum atomic E-state index is -4.73. The zero-order valence-corrected chi connectivity index (χ0v) is 19.5. The molecule has 0 atom stereocenters. The molecule has 0 bridgehead atoms. The molecule has 1 aliphatic rings. The first-order valence-electron chi connectivity index (χ1n) is 10.6. The van der Waals surface area contributed by atoms with Crippen LogP contribution < -0.4 is 4.90 Å². The third-order valence-electron chi connectivity index (χ3n) is 5.49. The predicted molar refractivity (Wildman–Crippen MR) is 121 cm³/mol. The van der Waals surface area contributed by atoms with Crippen LogP contribution in [0.15, 0.2) is 59.0 Å². The molecule has 1 saturated heterocycles. The standard InChI is InChI=1S/C22H22F3N5O4S/c1-35(32,33)29-13-11-28(12-14-29)21(31)30(18-5-3-2-4-6-18)15-16-7-9-17(10-8-16)19-26-27-20(34-19)22(23,24)25/h2-10H,11-15H2,1H3. The Morgan fingerprint density at radius 2 is 1.63 bits per heavy atom. The monoisotopic (exact) mass is 509 g/mol. The summed E-state index contributed by atoms with van der Waals surface area (Å²) in [5.74, 6) is -1.68. The van der Waals surface area contributed by atoms with Crippen LogP contribution in [0.1, 0.15) is 11.5 Å². The number of piperazine rings is 1. The zero-order valence-electron chi connectivity index (χ0n) is 18.6. The highest BCUT2D eigenvalue weighted by atomic mass is 32.2. The third-order valence-corrected chi connectivity index (χ3v) is 6.79. The lowest BCUT2D eigenvalue weighted by molar-refractivity contribution is -0.156. The first-order chi connectivity index (χ1) is 16.5. The second kappa shape index (κ2) is 9.66. The Morgan fingerprint density at radius 1 is 1.00 bits per heavy atom. The van der Waals surface area contributed by atoms with E-state index in [0.29, 0.717) is 11.3 Å². The van der Waals surface area contributed by atoms with E-state index in [1.54, 1.807) is 58.3 Å². The van der Waals surface area contributed by atoms with Crippen molar-refractivity contribution in [2.45, 2.75) is 12.7 Å². The van der Waals surface area contributed by atoms with Gasteiger partial charge < -0.3 is 9.32 Å². The summed E-state index contributed by atoms with van der Waals surface area (Å²) in [6.07, 6.45) is -3.59. The van der Waals surface area contributed by atoms with Crippen LogP contribution in [-0.2, 0) is 22.7 Å². The molecule has 1 fully saturated rings. The molecule has 9 nitrogen and oxygen atoms in total. The fourth-order valence-electron chi connectivity index (χ4n) is 3.65. The maximum absolute atomic E-state index is 13.4. The fraction of sp³-hybridized carbons (Fsp3) is 0.318. The largest absolute Gasteiger partial charge is 0.470 e. The summed E-state index contributed by atoms with van der Waals surface area (Å²) in [4.78, 5) is 16.6. The highest BCUT2D eigenvalue weighted by molar-refractivity contribution is 7.88. The van der Waals surface area contributed by atoms with Crippen LogP contribution in [0.3, 0.4) is 0 Å². The molecule has 0 radical (unpaired) electrons. The molecule has 3 aromatic rings. The molecule has 2 aromatic carbocycles. The van der Waals surface area contributed by atoms with Crippen molar-refractivity contribution in [2.75, 3.05) is 37.3 Å². The maximum atomic E-state index is 13.4. The Hall–Kier alpha value is -3.45. The molecule has 2 amide bonds. The highest BCUT2D eigenvalue weighted by Gasteiger charge is 2.38. The van der Waals surface area contributed by atoms with Crippen molar-refractivity contribution in [2.24, 2.45) is 0 Å². The highest BCUT2D eigenvalue weighted by Crippen LogP contribution is 2.30. The van der Waals surface area contributed by atoms with Gasteiger partial charge in [0.15, 0.2) is 0 Å². The molecule has 35 heavy (non-hydrogen) atoms. The molecule has 0 aliphatic carbocycles. The molecule has 4 rings (SSSR count). The smallest absolute Gasteiger partial charge is 0.413 e. The van der Waals surface area contributed by atoms with Crippen LogP contribution in [0, 0.1) is 0 Å². The Morgan fingerprint density at radius 3 is 2.17 bits per heavy atom. The molecular weight excluding hydrogens is 487 g/mol. The number of carbonyl (C=O) groups is 1. The van der Waals surface area contributed by atoms with Crippen molar-refractivity contribution in [1.29, 1.82) is 0 Å². The number of aromatic nitrogens is 2. The van der Waals surface area contributed by atoms with Gasteiger partial charge in [0.1, 0.15) is 0 Å². The summed E-state index contributed by atoms with van der Waals surface area (Å²) in [5.41, 5.74) is 1.68. The normalized spacial score (nSPS) is 15.3. The average molecular weight is 510 g/mol. The molecule has 0 saturated carbocycles. The van der Waals surface area contributed by atoms with Crippen molar-refractivity contribution in [3.05, 3.63) is 66.1 Å². The number of anilines is 1. The average Bonchev–Trinajstić information content (AvgIpc) is 3.34. The molecule has 2 heterocycles. The van der Waals surface area contributed by atoms with Crippen molar-refractivity contribution >= 4 is 21.7 Å². The minimum Gasteiger partial charge on any atom is -0.413 e. The quantitative estimate of drug-likeness (QED) is 0.522. The number of hydrogen-bond acceptors (Lipinski definition) is 6. The van der Waals surface area contributed by atoms with Crippen LogP contribution >= 0.6 is 0 Å². The van der Waals surface area contributed by atoms with Gasteiger partial charge in [-0.2, -0.15) is 17.5 Å². The maximum Gasteiger partial charge on any atom is 0.470 e. The number of hydrogen-bond donors (Lipinski definition) is 0. The molecule has 186 valence electrons. The lowest BCUT2D eigenvalue weighted by Gasteiger charge is -2.36. The zero-order chi connectivity index (χ0) is 25.2. The number of sulfonamides is 1. The Bertz CT molecular complexity index is 1270. The van der Waals surface area contributed by atoms with Gasteiger partial charge in [-0.05, 0) is 29.8 Å². The summed E-state index contributed by atoms with van der Waals surface area (Å²) >= 11 is 0. The number of halogens is 3. The van der Waals surface area contributed by atoms with E-state index in [1.165, 1.54) is 4.31 Å². The molecule has 0 spiro atoms. The van der Waals surface area contributed by atoms with E-state index in [1.807, 2.05) is 6.07 Å². The fourth-order valence-corrected chi connectivity index (χ4v) is 4.48. The number of nitrogens with zero attached hydrogens (tertiary/aromatic N) is 5. The molecule has 13 heteroatoms. The van der Waals surface area contributed by atoms with E-state index in [4.69, 9.17) is 4.42 Å². The van der Waals surface area contributed by atoms with E-state index in [2.05, 4.69) is 10.2 Å². The summed E-state index contributed by atoms with van der Waals surface area (Å²) in [6, 6.07) is 15.1. The van der Waals surface area contributed by atoms with Gasteiger partial charge in [0.25, 0.3) is 0 Å². The molecule has 0 unspecified atom stereocenters. The lowest BCUT2D eigenvalue weighted by Crippen LogP contribution is -2.53. The third kappa shape index (κ3) is 5.80. The first-order valence-corrected chi connectivity index (χ1v) is 12.4. The summed E-state index contributed by atoms with van der Waals surface area (Å²) in [7, 11) is -3.33. The first kappa shape index (κ1) is 24.7. The van der Waals surface area contributed by atoms with E-state index in [0.717, 1.165) is 11.8 Å². The minimum absolute atomic E-state index is 0.188. The summed E-state index contributed by atoms with van der Waals surface area (Å²) in [5, 5.41) is 6.48. The SMILES string of the molecule is CS(=O)(=O)N1CCN(C(=O)N(Cc2ccc(-c3nnc(C(F)(F)F)o3)cc2)c2ccccc2)CC1. The van der Waals surface area contributed by atoms with Gasteiger partial charge in [-0.3, -0.25) is 4.90 Å². The van der Waals surface area contributed by atoms with E-state index in [-0.39, 0.29) is 44.6 Å². The van der Waals surface area contributed by atoms with E-state index >= 15 is 0 Å². The summed E-state index contributed by atoms with van der Waals surface area (Å²) < 4.78 is 67.8. The molecule has 1 aliphatic heterocycles. The van der Waals surface area contributed by atoms with E-state index < -0.39 is 22.1 Å². The number of para-hydroxylation sites is 1. The van der Waals surface area contributed by atoms with Gasteiger partial charge in [-0.25, -0.2) is 13.2 Å². The van der Waals surface area contributed by atoms with Crippen LogP contribution in [0.5, 0.6) is 0 Å². The van der Waals surface area contributed by atoms with Gasteiger partial charge in [-0.1, -0.05) is 30.3 Å². The Balaban J connectivity index is 1.51. The van der Waals surface area contributed by atoms with Crippen molar-refractivity contribution < 1.29 is 30.8 Å². The molecule has 1 aromatic heterocycles. The van der Waals surface area contributed by atoms with Gasteiger partial charge in [0.05, 0.1) is 12.8 Å². The number of urea groups is 1. The van der Waals surface area contributed by atoms with Gasteiger partial charge in [0, 0.05) is 37.4 Å². The Labute approximate surface area is 199 Å². The van der Waals surface area contributed by atoms with Gasteiger partial charge in [-0.15, -0.1) is 10.2 Å². The van der Waals surface area contributed by atoms with Gasteiger partial charge >= 0.3 is 18.1 Å². The van der Waals surface area contributed by atoms with Crippen molar-refractivity contribution in [3.8, 4) is 11.5 Å². The number of amides is 2. The lowest BCUT2D eigenvalue weighted by atomic mass is 10.1. The van der Waals surface area contributed by atoms with Crippen molar-refractivity contribution in [3.63, 3.8) is 0 Å². The van der Waals surface area contributed by atoms with Crippen LogP contribution in [0.2, 0.25) is 0 Å². The number of carbonyl (C=O) groups excluding carboxylic acids is 1. The van der Waals surface area contributed by atoms with Crippen LogP contribution in [-0.4, -0.2) is 66.3 Å².